The van der Waals surface area contributed by atoms with E-state index in [1.54, 1.807) is 39.2 Å². The van der Waals surface area contributed by atoms with Crippen LogP contribution >= 0.6 is 11.6 Å². The lowest BCUT2D eigenvalue weighted by Gasteiger charge is -2.25. The van der Waals surface area contributed by atoms with Crippen molar-refractivity contribution in [3.8, 4) is 5.75 Å². The van der Waals surface area contributed by atoms with E-state index in [0.29, 0.717) is 10.8 Å². The molecule has 5 heteroatoms. The molecule has 0 radical (unpaired) electrons. The number of benzene rings is 1. The highest BCUT2D eigenvalue weighted by Gasteiger charge is 2.22. The second kappa shape index (κ2) is 6.95. The van der Waals surface area contributed by atoms with Gasteiger partial charge in [-0.25, -0.2) is 0 Å². The Balaban J connectivity index is 3.01. The smallest absolute Gasteiger partial charge is 0.126 e. The summed E-state index contributed by atoms with van der Waals surface area (Å²) in [6, 6.07) is 5.37. The van der Waals surface area contributed by atoms with Gasteiger partial charge in [0.15, 0.2) is 0 Å². The molecule has 0 aliphatic rings. The Morgan fingerprint density at radius 1 is 1.39 bits per heavy atom. The van der Waals surface area contributed by atoms with E-state index >= 15 is 0 Å². The molecule has 0 aromatic heterocycles. The molecule has 18 heavy (non-hydrogen) atoms. The average Bonchev–Trinajstić information content (AvgIpc) is 2.35. The monoisotopic (exact) mass is 273 g/mol. The number of nitrogens with two attached hydrogens (primary N) is 1. The van der Waals surface area contributed by atoms with E-state index in [4.69, 9.17) is 26.8 Å². The van der Waals surface area contributed by atoms with Crippen molar-refractivity contribution in [1.82, 2.24) is 0 Å². The van der Waals surface area contributed by atoms with Crippen LogP contribution in [-0.4, -0.2) is 31.0 Å². The van der Waals surface area contributed by atoms with E-state index in [2.05, 4.69) is 0 Å². The van der Waals surface area contributed by atoms with Crippen LogP contribution in [0.5, 0.6) is 5.75 Å². The van der Waals surface area contributed by atoms with Gasteiger partial charge in [0.1, 0.15) is 11.9 Å². The quantitative estimate of drug-likeness (QED) is 0.833. The first-order valence-corrected chi connectivity index (χ1v) is 6.25. The Labute approximate surface area is 113 Å². The third-order valence-electron chi connectivity index (χ3n) is 2.83. The van der Waals surface area contributed by atoms with Crippen molar-refractivity contribution in [2.75, 3.05) is 13.7 Å². The number of rotatable bonds is 6. The van der Waals surface area contributed by atoms with E-state index in [1.165, 1.54) is 0 Å². The van der Waals surface area contributed by atoms with E-state index in [0.717, 1.165) is 5.56 Å². The Hall–Kier alpha value is -0.810. The van der Waals surface area contributed by atoms with Gasteiger partial charge in [-0.3, -0.25) is 0 Å². The van der Waals surface area contributed by atoms with Gasteiger partial charge in [-0.2, -0.15) is 0 Å². The minimum Gasteiger partial charge on any atom is -0.496 e. The van der Waals surface area contributed by atoms with E-state index in [1.807, 2.05) is 0 Å². The molecule has 3 atom stereocenters. The molecule has 102 valence electrons. The number of aliphatic hydroxyl groups excluding tert-OH is 1. The summed E-state index contributed by atoms with van der Waals surface area (Å²) in [5.74, 6) is 0.635. The Kier molecular flexibility index (Phi) is 5.88. The molecular weight excluding hydrogens is 254 g/mol. The first kappa shape index (κ1) is 15.2. The molecule has 3 N–H and O–H groups in total. The number of hydrogen-bond acceptors (Lipinski definition) is 4. The number of aliphatic hydroxyl groups is 1. The van der Waals surface area contributed by atoms with Crippen LogP contribution in [0.3, 0.4) is 0 Å². The van der Waals surface area contributed by atoms with Gasteiger partial charge in [-0.15, -0.1) is 0 Å². The van der Waals surface area contributed by atoms with Crippen LogP contribution in [0.2, 0.25) is 5.02 Å². The van der Waals surface area contributed by atoms with Crippen LogP contribution in [0.1, 0.15) is 25.5 Å². The highest BCUT2D eigenvalue weighted by atomic mass is 35.5. The van der Waals surface area contributed by atoms with Gasteiger partial charge >= 0.3 is 0 Å². The number of methoxy groups -OCH3 is 1. The molecule has 1 rings (SSSR count). The molecule has 0 aliphatic heterocycles. The highest BCUT2D eigenvalue weighted by Crippen LogP contribution is 2.34. The van der Waals surface area contributed by atoms with Crippen molar-refractivity contribution in [3.63, 3.8) is 0 Å². The Bertz CT molecular complexity index is 384. The van der Waals surface area contributed by atoms with Gasteiger partial charge in [-0.05, 0) is 26.0 Å². The van der Waals surface area contributed by atoms with Crippen LogP contribution in [0, 0.1) is 0 Å². The fourth-order valence-corrected chi connectivity index (χ4v) is 1.91. The first-order valence-electron chi connectivity index (χ1n) is 5.87. The Morgan fingerprint density at radius 3 is 2.56 bits per heavy atom. The molecule has 0 saturated heterocycles. The van der Waals surface area contributed by atoms with Crippen LogP contribution in [0.15, 0.2) is 18.2 Å². The molecule has 3 unspecified atom stereocenters. The van der Waals surface area contributed by atoms with Gasteiger partial charge in [0.05, 0.1) is 24.3 Å². The van der Waals surface area contributed by atoms with Gasteiger partial charge < -0.3 is 20.3 Å². The summed E-state index contributed by atoms with van der Waals surface area (Å²) in [4.78, 5) is 0. The largest absolute Gasteiger partial charge is 0.496 e. The van der Waals surface area contributed by atoms with Gasteiger partial charge in [0.2, 0.25) is 0 Å². The molecule has 4 nitrogen and oxygen atoms in total. The summed E-state index contributed by atoms with van der Waals surface area (Å²) in [6.07, 6.45) is -1.31. The molecule has 0 heterocycles. The summed E-state index contributed by atoms with van der Waals surface area (Å²) in [7, 11) is 1.57. The lowest BCUT2D eigenvalue weighted by Crippen LogP contribution is -2.28. The number of ether oxygens (including phenoxy) is 2. The van der Waals surface area contributed by atoms with Crippen molar-refractivity contribution in [2.24, 2.45) is 5.73 Å². The van der Waals surface area contributed by atoms with Crippen LogP contribution in [-0.2, 0) is 4.74 Å². The third-order valence-corrected chi connectivity index (χ3v) is 3.16. The fraction of sp³-hybridized carbons (Fsp3) is 0.538. The zero-order chi connectivity index (χ0) is 13.7. The lowest BCUT2D eigenvalue weighted by molar-refractivity contribution is -0.0597. The highest BCUT2D eigenvalue weighted by molar-refractivity contribution is 6.31. The summed E-state index contributed by atoms with van der Waals surface area (Å²) in [5, 5.41) is 10.0. The SMILES string of the molecule is COc1cccc(Cl)c1C(CN)OC(C)C(C)O. The topological polar surface area (TPSA) is 64.7 Å². The Morgan fingerprint density at radius 2 is 2.06 bits per heavy atom. The summed E-state index contributed by atoms with van der Waals surface area (Å²) in [6.45, 7) is 3.72. The predicted molar refractivity (Wildman–Crippen MR) is 72.0 cm³/mol. The van der Waals surface area contributed by atoms with Crippen LogP contribution in [0.25, 0.3) is 0 Å². The van der Waals surface area contributed by atoms with Crippen molar-refractivity contribution < 1.29 is 14.6 Å². The normalized spacial score (nSPS) is 16.1. The maximum Gasteiger partial charge on any atom is 0.126 e. The predicted octanol–water partition coefficient (Wildman–Crippen LogP) is 2.13. The zero-order valence-electron chi connectivity index (χ0n) is 10.9. The van der Waals surface area contributed by atoms with Crippen molar-refractivity contribution in [2.45, 2.75) is 32.2 Å². The molecule has 1 aromatic rings. The summed E-state index contributed by atoms with van der Waals surface area (Å²) in [5.41, 5.74) is 6.44. The van der Waals surface area contributed by atoms with E-state index in [-0.39, 0.29) is 12.6 Å². The van der Waals surface area contributed by atoms with Crippen molar-refractivity contribution >= 4 is 11.6 Å². The lowest BCUT2D eigenvalue weighted by atomic mass is 10.1. The number of halogens is 1. The van der Waals surface area contributed by atoms with E-state index in [9.17, 15) is 5.11 Å². The molecule has 0 amide bonds. The van der Waals surface area contributed by atoms with Gasteiger partial charge in [-0.1, -0.05) is 17.7 Å². The fourth-order valence-electron chi connectivity index (χ4n) is 1.62. The van der Waals surface area contributed by atoms with Gasteiger partial charge in [0.25, 0.3) is 0 Å². The maximum atomic E-state index is 9.48. The minimum atomic E-state index is -0.576. The third kappa shape index (κ3) is 3.59. The summed E-state index contributed by atoms with van der Waals surface area (Å²) >= 11 is 6.17. The standard InChI is InChI=1S/C13H20ClNO3/c1-8(16)9(2)18-12(7-15)13-10(14)5-4-6-11(13)17-3/h4-6,8-9,12,16H,7,15H2,1-3H3. The zero-order valence-corrected chi connectivity index (χ0v) is 11.6. The average molecular weight is 274 g/mol. The van der Waals surface area contributed by atoms with Crippen LogP contribution < -0.4 is 10.5 Å². The second-order valence-electron chi connectivity index (χ2n) is 4.16. The molecule has 1 aromatic carbocycles. The van der Waals surface area contributed by atoms with Crippen LogP contribution in [0.4, 0.5) is 0 Å². The summed E-state index contributed by atoms with van der Waals surface area (Å²) < 4.78 is 11.0. The molecule has 0 aliphatic carbocycles. The molecule has 0 fully saturated rings. The molecule has 0 spiro atoms. The molecule has 0 bridgehead atoms. The molecular formula is C13H20ClNO3. The van der Waals surface area contributed by atoms with E-state index < -0.39 is 12.2 Å². The minimum absolute atomic E-state index is 0.261. The molecule has 0 saturated carbocycles. The van der Waals surface area contributed by atoms with Crippen molar-refractivity contribution in [1.29, 1.82) is 0 Å². The van der Waals surface area contributed by atoms with Gasteiger partial charge in [0, 0.05) is 12.1 Å². The number of hydrogen-bond donors (Lipinski definition) is 2. The second-order valence-corrected chi connectivity index (χ2v) is 4.57. The maximum absolute atomic E-state index is 9.48. The first-order chi connectivity index (χ1) is 8.51. The van der Waals surface area contributed by atoms with Crippen molar-refractivity contribution in [3.05, 3.63) is 28.8 Å².